The summed E-state index contributed by atoms with van der Waals surface area (Å²) in [5.74, 6) is 0.815. The molecular weight excluding hydrogens is 1150 g/mol. The molecule has 0 aromatic rings. The molecule has 516 valence electrons. The SMILES string of the molecule is CCC(C)CCCCCCCCC(=O)OC[C@H](COP(=O)(O)OC[C@H](O)COP(=O)(O)OC[C@@H](COC(=O)CCCCCCCCCC(C)C)OC(=O)CCCCCCCCCCCCCCC(C)C)OC(=O)CCCCCCCCCCCC(C)C. The van der Waals surface area contributed by atoms with Crippen molar-refractivity contribution in [2.75, 3.05) is 39.6 Å². The van der Waals surface area contributed by atoms with Crippen molar-refractivity contribution in [3.63, 3.8) is 0 Å². The third kappa shape index (κ3) is 61.3. The second kappa shape index (κ2) is 57.9. The van der Waals surface area contributed by atoms with E-state index in [0.717, 1.165) is 120 Å². The lowest BCUT2D eigenvalue weighted by Crippen LogP contribution is -2.30. The molecule has 87 heavy (non-hydrogen) atoms. The zero-order valence-electron chi connectivity index (χ0n) is 56.6. The third-order valence-corrected chi connectivity index (χ3v) is 17.8. The van der Waals surface area contributed by atoms with Crippen LogP contribution in [0.1, 0.15) is 331 Å². The van der Waals surface area contributed by atoms with Crippen LogP contribution in [0.25, 0.3) is 0 Å². The van der Waals surface area contributed by atoms with E-state index in [1.54, 1.807) is 0 Å². The number of hydrogen-bond donors (Lipinski definition) is 3. The maximum Gasteiger partial charge on any atom is 0.472 e. The summed E-state index contributed by atoms with van der Waals surface area (Å²) < 4.78 is 68.2. The van der Waals surface area contributed by atoms with Crippen LogP contribution in [-0.4, -0.2) is 96.7 Å². The molecule has 17 nitrogen and oxygen atoms in total. The molecule has 0 aromatic heterocycles. The van der Waals surface area contributed by atoms with Gasteiger partial charge in [0.2, 0.25) is 0 Å². The molecule has 3 unspecified atom stereocenters. The predicted molar refractivity (Wildman–Crippen MR) is 349 cm³/mol. The van der Waals surface area contributed by atoms with Gasteiger partial charge in [-0.15, -0.1) is 0 Å². The predicted octanol–water partition coefficient (Wildman–Crippen LogP) is 18.9. The van der Waals surface area contributed by atoms with Crippen molar-refractivity contribution in [1.82, 2.24) is 0 Å². The average Bonchev–Trinajstić information content (AvgIpc) is 3.68. The highest BCUT2D eigenvalue weighted by molar-refractivity contribution is 7.47. The second-order valence-electron chi connectivity index (χ2n) is 26.2. The van der Waals surface area contributed by atoms with Gasteiger partial charge in [-0.2, -0.15) is 0 Å². The van der Waals surface area contributed by atoms with Crippen molar-refractivity contribution in [3.8, 4) is 0 Å². The Hall–Kier alpha value is -1.94. The maximum absolute atomic E-state index is 13.0. The monoisotopic (exact) mass is 1280 g/mol. The Balaban J connectivity index is 5.25. The minimum Gasteiger partial charge on any atom is -0.462 e. The Morgan fingerprint density at radius 3 is 0.816 bits per heavy atom. The number of phosphoric ester groups is 2. The average molecular weight is 1280 g/mol. The topological polar surface area (TPSA) is 237 Å². The summed E-state index contributed by atoms with van der Waals surface area (Å²) in [4.78, 5) is 72.4. The molecule has 0 heterocycles. The summed E-state index contributed by atoms with van der Waals surface area (Å²) in [6.45, 7) is 14.0. The molecule has 0 fully saturated rings. The summed E-state index contributed by atoms with van der Waals surface area (Å²) >= 11 is 0. The normalized spacial score (nSPS) is 14.6. The molecule has 0 amide bonds. The summed E-state index contributed by atoms with van der Waals surface area (Å²) in [5, 5.41) is 10.6. The van der Waals surface area contributed by atoms with Gasteiger partial charge in [0.1, 0.15) is 19.3 Å². The highest BCUT2D eigenvalue weighted by Gasteiger charge is 2.30. The largest absolute Gasteiger partial charge is 0.472 e. The molecule has 0 spiro atoms. The van der Waals surface area contributed by atoms with Crippen molar-refractivity contribution in [3.05, 3.63) is 0 Å². The van der Waals surface area contributed by atoms with Crippen LogP contribution >= 0.6 is 15.6 Å². The summed E-state index contributed by atoms with van der Waals surface area (Å²) in [6, 6.07) is 0. The van der Waals surface area contributed by atoms with Crippen LogP contribution in [0.5, 0.6) is 0 Å². The minimum atomic E-state index is -4.95. The third-order valence-electron chi connectivity index (χ3n) is 15.9. The van der Waals surface area contributed by atoms with Crippen molar-refractivity contribution in [2.24, 2.45) is 23.7 Å². The lowest BCUT2D eigenvalue weighted by atomic mass is 10.00. The zero-order valence-corrected chi connectivity index (χ0v) is 58.4. The molecule has 0 aromatic carbocycles. The number of hydrogen-bond acceptors (Lipinski definition) is 15. The molecule has 0 bridgehead atoms. The van der Waals surface area contributed by atoms with E-state index in [1.165, 1.54) is 122 Å². The van der Waals surface area contributed by atoms with Crippen molar-refractivity contribution < 1.29 is 80.2 Å². The first-order valence-corrected chi connectivity index (χ1v) is 38.2. The van der Waals surface area contributed by atoms with Crippen LogP contribution in [0.3, 0.4) is 0 Å². The van der Waals surface area contributed by atoms with E-state index < -0.39 is 97.5 Å². The minimum absolute atomic E-state index is 0.104. The number of aliphatic hydroxyl groups excluding tert-OH is 1. The van der Waals surface area contributed by atoms with Crippen LogP contribution in [0.4, 0.5) is 0 Å². The number of aliphatic hydroxyl groups is 1. The second-order valence-corrected chi connectivity index (χ2v) is 29.1. The molecular formula is C68H132O17P2. The van der Waals surface area contributed by atoms with Crippen LogP contribution in [0, 0.1) is 23.7 Å². The molecule has 0 saturated carbocycles. The molecule has 0 aliphatic heterocycles. The van der Waals surface area contributed by atoms with Gasteiger partial charge >= 0.3 is 39.5 Å². The van der Waals surface area contributed by atoms with E-state index in [4.69, 9.17) is 37.0 Å². The Morgan fingerprint density at radius 2 is 0.552 bits per heavy atom. The molecule has 0 saturated heterocycles. The van der Waals surface area contributed by atoms with Gasteiger partial charge in [-0.25, -0.2) is 9.13 Å². The number of esters is 4. The van der Waals surface area contributed by atoms with E-state index in [0.29, 0.717) is 31.6 Å². The molecule has 0 rings (SSSR count). The van der Waals surface area contributed by atoms with Gasteiger partial charge in [0, 0.05) is 25.7 Å². The van der Waals surface area contributed by atoms with Gasteiger partial charge in [0.15, 0.2) is 12.2 Å². The first-order chi connectivity index (χ1) is 41.6. The van der Waals surface area contributed by atoms with E-state index in [2.05, 4.69) is 55.4 Å². The summed E-state index contributed by atoms with van der Waals surface area (Å²) in [5.41, 5.74) is 0. The Morgan fingerprint density at radius 1 is 0.322 bits per heavy atom. The van der Waals surface area contributed by atoms with Gasteiger partial charge in [-0.1, -0.05) is 280 Å². The zero-order chi connectivity index (χ0) is 64.7. The van der Waals surface area contributed by atoms with Gasteiger partial charge in [-0.05, 0) is 49.4 Å². The van der Waals surface area contributed by atoms with E-state index in [1.807, 2.05) is 0 Å². The fourth-order valence-corrected chi connectivity index (χ4v) is 11.7. The van der Waals surface area contributed by atoms with Gasteiger partial charge in [0.25, 0.3) is 0 Å². The molecule has 3 N–H and O–H groups in total. The van der Waals surface area contributed by atoms with E-state index in [-0.39, 0.29) is 25.7 Å². The highest BCUT2D eigenvalue weighted by Crippen LogP contribution is 2.45. The standard InChI is InChI=1S/C68H132O17P2/c1-9-61(8)47-39-31-26-27-33-41-49-66(71)79-55-64(85-68(73)51-43-35-24-18-14-16-21-29-37-45-59(4)5)57-83-87(76,77)81-53-62(69)52-80-86(74,75)82-56-63(54-78-65(70)48-40-32-25-19-22-30-38-46-60(6)7)84-67(72)50-42-34-23-17-13-11-10-12-15-20-28-36-44-58(2)3/h58-64,69H,9-57H2,1-8H3,(H,74,75)(H,76,77)/t61?,62-,63-,64-/m1/s1. The number of carbonyl (C=O) groups is 4. The Labute approximate surface area is 530 Å². The fourth-order valence-electron chi connectivity index (χ4n) is 10.1. The number of rotatable bonds is 65. The van der Waals surface area contributed by atoms with Crippen LogP contribution in [0.15, 0.2) is 0 Å². The lowest BCUT2D eigenvalue weighted by Gasteiger charge is -2.21. The van der Waals surface area contributed by atoms with Gasteiger partial charge in [0.05, 0.1) is 26.4 Å². The van der Waals surface area contributed by atoms with E-state index >= 15 is 0 Å². The number of unbranched alkanes of at least 4 members (excludes halogenated alkanes) is 30. The smallest absolute Gasteiger partial charge is 0.462 e. The Bertz CT molecular complexity index is 1730. The number of carbonyl (C=O) groups excluding carboxylic acids is 4. The summed E-state index contributed by atoms with van der Waals surface area (Å²) in [6.07, 6.45) is 39.0. The molecule has 0 radical (unpaired) electrons. The lowest BCUT2D eigenvalue weighted by molar-refractivity contribution is -0.161. The van der Waals surface area contributed by atoms with Crippen molar-refractivity contribution in [2.45, 2.75) is 350 Å². The van der Waals surface area contributed by atoms with E-state index in [9.17, 15) is 43.2 Å². The van der Waals surface area contributed by atoms with Crippen molar-refractivity contribution in [1.29, 1.82) is 0 Å². The van der Waals surface area contributed by atoms with Gasteiger partial charge < -0.3 is 33.8 Å². The molecule has 0 aliphatic rings. The maximum atomic E-state index is 13.0. The number of phosphoric acid groups is 2. The molecule has 6 atom stereocenters. The quantitative estimate of drug-likeness (QED) is 0.0222. The van der Waals surface area contributed by atoms with Crippen LogP contribution in [0.2, 0.25) is 0 Å². The number of ether oxygens (including phenoxy) is 4. The first kappa shape index (κ1) is 85.1. The van der Waals surface area contributed by atoms with Crippen LogP contribution < -0.4 is 0 Å². The Kier molecular flexibility index (Phi) is 56.6. The highest BCUT2D eigenvalue weighted by atomic mass is 31.2. The summed E-state index contributed by atoms with van der Waals surface area (Å²) in [7, 11) is -9.90. The first-order valence-electron chi connectivity index (χ1n) is 35.2. The van der Waals surface area contributed by atoms with Crippen LogP contribution in [-0.2, 0) is 65.4 Å². The molecule has 0 aliphatic carbocycles. The van der Waals surface area contributed by atoms with Crippen molar-refractivity contribution >= 4 is 39.5 Å². The van der Waals surface area contributed by atoms with Gasteiger partial charge in [-0.3, -0.25) is 37.3 Å². The fraction of sp³-hybridized carbons (Fsp3) is 0.941. The molecule has 19 heteroatoms.